The highest BCUT2D eigenvalue weighted by Gasteiger charge is 2.23. The molecular weight excluding hydrogens is 277 g/mol. The predicted molar refractivity (Wildman–Crippen MR) is 79.1 cm³/mol. The van der Waals surface area contributed by atoms with Gasteiger partial charge < -0.3 is 5.32 Å². The van der Waals surface area contributed by atoms with E-state index in [1.165, 1.54) is 5.56 Å². The van der Waals surface area contributed by atoms with Crippen LogP contribution in [0.2, 0.25) is 5.15 Å². The molecule has 5 heteroatoms. The number of halogens is 2. The topological polar surface area (TPSA) is 29.9 Å². The number of aromatic nitrogens is 2. The van der Waals surface area contributed by atoms with Crippen LogP contribution in [0.15, 0.2) is 18.2 Å². The molecule has 0 bridgehead atoms. The van der Waals surface area contributed by atoms with Gasteiger partial charge in [-0.3, -0.25) is 4.68 Å². The van der Waals surface area contributed by atoms with Crippen molar-refractivity contribution in [2.75, 3.05) is 11.9 Å². The molecule has 20 heavy (non-hydrogen) atoms. The Morgan fingerprint density at radius 1 is 1.50 bits per heavy atom. The fraction of sp³-hybridized carbons (Fsp3) is 0.400. The average molecular weight is 294 g/mol. The number of hydrogen-bond donors (Lipinski definition) is 1. The van der Waals surface area contributed by atoms with E-state index in [-0.39, 0.29) is 6.42 Å². The van der Waals surface area contributed by atoms with Gasteiger partial charge in [0.25, 0.3) is 0 Å². The smallest absolute Gasteiger partial charge is 0.131 e. The first kappa shape index (κ1) is 13.4. The predicted octanol–water partition coefficient (Wildman–Crippen LogP) is 3.60. The molecule has 0 spiro atoms. The number of fused-ring (bicyclic) bond motifs is 1. The second kappa shape index (κ2) is 5.09. The van der Waals surface area contributed by atoms with Gasteiger partial charge in [0.2, 0.25) is 0 Å². The molecule has 1 N–H and O–H groups in total. The van der Waals surface area contributed by atoms with E-state index in [0.717, 1.165) is 35.5 Å². The van der Waals surface area contributed by atoms with Crippen LogP contribution < -0.4 is 5.32 Å². The lowest BCUT2D eigenvalue weighted by atomic mass is 9.99. The molecule has 2 aromatic rings. The molecule has 0 aliphatic carbocycles. The third-order valence-corrected chi connectivity index (χ3v) is 4.34. The van der Waals surface area contributed by atoms with Gasteiger partial charge in [-0.1, -0.05) is 29.8 Å². The number of benzene rings is 1. The maximum atomic E-state index is 14.7. The maximum Gasteiger partial charge on any atom is 0.131 e. The minimum Gasteiger partial charge on any atom is -0.384 e. The third kappa shape index (κ3) is 2.18. The van der Waals surface area contributed by atoms with Crippen LogP contribution in [0.25, 0.3) is 0 Å². The van der Waals surface area contributed by atoms with Crippen LogP contribution in [-0.2, 0) is 19.9 Å². The van der Waals surface area contributed by atoms with E-state index < -0.39 is 6.17 Å². The summed E-state index contributed by atoms with van der Waals surface area (Å²) in [5.74, 6) is 0. The quantitative estimate of drug-likeness (QED) is 0.937. The summed E-state index contributed by atoms with van der Waals surface area (Å²) in [4.78, 5) is 0. The lowest BCUT2D eigenvalue weighted by Crippen LogP contribution is -2.02. The number of anilines is 1. The number of aryl methyl sites for hydroxylation is 2. The van der Waals surface area contributed by atoms with Crippen LogP contribution in [0.4, 0.5) is 10.1 Å². The van der Waals surface area contributed by atoms with Crippen LogP contribution in [0.3, 0.4) is 0 Å². The minimum absolute atomic E-state index is 0.261. The number of nitrogens with one attached hydrogen (secondary N) is 1. The average Bonchev–Trinajstić information content (AvgIpc) is 2.99. The molecule has 3 rings (SSSR count). The van der Waals surface area contributed by atoms with Crippen molar-refractivity contribution in [1.29, 1.82) is 0 Å². The minimum atomic E-state index is -1.07. The summed E-state index contributed by atoms with van der Waals surface area (Å²) in [6, 6.07) is 5.82. The summed E-state index contributed by atoms with van der Waals surface area (Å²) >= 11 is 6.18. The molecule has 3 nitrogen and oxygen atoms in total. The summed E-state index contributed by atoms with van der Waals surface area (Å²) in [6.45, 7) is 2.74. The summed E-state index contributed by atoms with van der Waals surface area (Å²) in [7, 11) is 1.77. The van der Waals surface area contributed by atoms with Crippen molar-refractivity contribution in [2.24, 2.45) is 7.05 Å². The van der Waals surface area contributed by atoms with Crippen LogP contribution in [0.1, 0.15) is 28.6 Å². The summed E-state index contributed by atoms with van der Waals surface area (Å²) in [5.41, 5.74) is 4.45. The molecular formula is C15H17ClFN3. The zero-order chi connectivity index (χ0) is 14.3. The van der Waals surface area contributed by atoms with E-state index in [0.29, 0.717) is 5.15 Å². The first-order valence-electron chi connectivity index (χ1n) is 6.75. The van der Waals surface area contributed by atoms with Crippen molar-refractivity contribution in [3.8, 4) is 0 Å². The molecule has 2 heterocycles. The Labute approximate surface area is 122 Å². The van der Waals surface area contributed by atoms with E-state index in [1.807, 2.05) is 25.1 Å². The van der Waals surface area contributed by atoms with Gasteiger partial charge in [0.15, 0.2) is 0 Å². The number of hydrogen-bond acceptors (Lipinski definition) is 2. The number of para-hydroxylation sites is 1. The second-order valence-electron chi connectivity index (χ2n) is 5.21. The van der Waals surface area contributed by atoms with Crippen molar-refractivity contribution in [3.05, 3.63) is 45.7 Å². The van der Waals surface area contributed by atoms with Crippen LogP contribution in [0, 0.1) is 6.92 Å². The summed E-state index contributed by atoms with van der Waals surface area (Å²) in [5, 5.41) is 8.03. The van der Waals surface area contributed by atoms with Crippen LogP contribution in [0.5, 0.6) is 0 Å². The molecule has 1 unspecified atom stereocenters. The van der Waals surface area contributed by atoms with E-state index in [9.17, 15) is 4.39 Å². The third-order valence-electron chi connectivity index (χ3n) is 3.87. The van der Waals surface area contributed by atoms with E-state index in [2.05, 4.69) is 10.4 Å². The van der Waals surface area contributed by atoms with Crippen molar-refractivity contribution in [2.45, 2.75) is 25.9 Å². The molecule has 0 saturated carbocycles. The number of alkyl halides is 1. The lowest BCUT2D eigenvalue weighted by Gasteiger charge is -2.13. The fourth-order valence-corrected chi connectivity index (χ4v) is 3.07. The van der Waals surface area contributed by atoms with E-state index >= 15 is 0 Å². The van der Waals surface area contributed by atoms with Crippen molar-refractivity contribution in [1.82, 2.24) is 9.78 Å². The molecule has 1 aromatic carbocycles. The van der Waals surface area contributed by atoms with Gasteiger partial charge in [-0.05, 0) is 18.9 Å². The Hall–Kier alpha value is -1.55. The first-order chi connectivity index (χ1) is 9.58. The SMILES string of the molecule is Cc1nn(C)c(Cl)c1CC(F)c1cccc2c1NCC2. The molecule has 0 radical (unpaired) electrons. The van der Waals surface area contributed by atoms with Gasteiger partial charge in [-0.25, -0.2) is 4.39 Å². The summed E-state index contributed by atoms with van der Waals surface area (Å²) < 4.78 is 16.3. The molecule has 0 saturated heterocycles. The molecule has 0 fully saturated rings. The van der Waals surface area contributed by atoms with Gasteiger partial charge in [0.1, 0.15) is 11.3 Å². The summed E-state index contributed by atoms with van der Waals surface area (Å²) in [6.07, 6.45) is 0.148. The van der Waals surface area contributed by atoms with E-state index in [4.69, 9.17) is 11.6 Å². The van der Waals surface area contributed by atoms with Gasteiger partial charge in [-0.15, -0.1) is 0 Å². The van der Waals surface area contributed by atoms with Crippen molar-refractivity contribution < 1.29 is 4.39 Å². The maximum absolute atomic E-state index is 14.7. The molecule has 1 atom stereocenters. The van der Waals surface area contributed by atoms with Crippen molar-refractivity contribution in [3.63, 3.8) is 0 Å². The van der Waals surface area contributed by atoms with Gasteiger partial charge in [0.05, 0.1) is 5.69 Å². The fourth-order valence-electron chi connectivity index (χ4n) is 2.82. The van der Waals surface area contributed by atoms with Crippen molar-refractivity contribution >= 4 is 17.3 Å². The first-order valence-corrected chi connectivity index (χ1v) is 7.13. The van der Waals surface area contributed by atoms with Crippen LogP contribution >= 0.6 is 11.6 Å². The number of rotatable bonds is 3. The highest BCUT2D eigenvalue weighted by Crippen LogP contribution is 2.35. The Morgan fingerprint density at radius 3 is 3.00 bits per heavy atom. The molecule has 1 aliphatic heterocycles. The normalized spacial score (nSPS) is 15.0. The Kier molecular flexibility index (Phi) is 3.42. The Morgan fingerprint density at radius 2 is 2.30 bits per heavy atom. The van der Waals surface area contributed by atoms with Crippen LogP contribution in [-0.4, -0.2) is 16.3 Å². The highest BCUT2D eigenvalue weighted by molar-refractivity contribution is 6.30. The Balaban J connectivity index is 1.90. The van der Waals surface area contributed by atoms with E-state index in [1.54, 1.807) is 11.7 Å². The second-order valence-corrected chi connectivity index (χ2v) is 5.57. The van der Waals surface area contributed by atoms with Gasteiger partial charge in [0, 0.05) is 36.8 Å². The molecule has 106 valence electrons. The highest BCUT2D eigenvalue weighted by atomic mass is 35.5. The molecule has 1 aromatic heterocycles. The number of nitrogens with zero attached hydrogens (tertiary/aromatic N) is 2. The monoisotopic (exact) mass is 293 g/mol. The van der Waals surface area contributed by atoms with Gasteiger partial charge in [-0.2, -0.15) is 5.10 Å². The molecule has 1 aliphatic rings. The zero-order valence-electron chi connectivity index (χ0n) is 11.6. The Bertz CT molecular complexity index is 651. The lowest BCUT2D eigenvalue weighted by molar-refractivity contribution is 0.343. The standard InChI is InChI=1S/C15H17ClFN3/c1-9-12(15(16)20(2)19-9)8-13(17)11-5-3-4-10-6-7-18-14(10)11/h3-5,13,18H,6-8H2,1-2H3. The largest absolute Gasteiger partial charge is 0.384 e. The zero-order valence-corrected chi connectivity index (χ0v) is 12.3. The molecule has 0 amide bonds. The van der Waals surface area contributed by atoms with Gasteiger partial charge >= 0.3 is 0 Å².